The van der Waals surface area contributed by atoms with Gasteiger partial charge in [-0.15, -0.1) is 0 Å². The summed E-state index contributed by atoms with van der Waals surface area (Å²) in [6.07, 6.45) is 6.06. The van der Waals surface area contributed by atoms with E-state index >= 15 is 0 Å². The molecule has 2 N–H and O–H groups in total. The van der Waals surface area contributed by atoms with Crippen molar-refractivity contribution in [2.24, 2.45) is 0 Å². The van der Waals surface area contributed by atoms with E-state index in [-0.39, 0.29) is 18.4 Å². The van der Waals surface area contributed by atoms with Crippen molar-refractivity contribution in [1.29, 1.82) is 0 Å². The van der Waals surface area contributed by atoms with Gasteiger partial charge in [0.15, 0.2) is 0 Å². The number of piperidine rings is 1. The Morgan fingerprint density at radius 1 is 1.40 bits per heavy atom. The molecular weight excluding hydrogens is 322 g/mol. The minimum atomic E-state index is -0.982. The van der Waals surface area contributed by atoms with Gasteiger partial charge in [-0.3, -0.25) is 19.6 Å². The van der Waals surface area contributed by atoms with E-state index in [9.17, 15) is 14.4 Å². The van der Waals surface area contributed by atoms with Crippen LogP contribution in [0.4, 0.5) is 4.79 Å². The summed E-state index contributed by atoms with van der Waals surface area (Å²) in [6.45, 7) is 3.70. The van der Waals surface area contributed by atoms with E-state index in [1.807, 2.05) is 4.68 Å². The number of urea groups is 1. The predicted molar refractivity (Wildman–Crippen MR) is 89.0 cm³/mol. The number of aryl methyl sites for hydroxylation is 1. The lowest BCUT2D eigenvalue weighted by atomic mass is 9.89. The molecule has 1 aliphatic carbocycles. The molecule has 1 aromatic rings. The van der Waals surface area contributed by atoms with Crippen LogP contribution in [-0.2, 0) is 11.3 Å². The molecule has 3 aliphatic rings. The van der Waals surface area contributed by atoms with Crippen molar-refractivity contribution in [1.82, 2.24) is 25.3 Å². The second-order valence-electron chi connectivity index (χ2n) is 7.26. The molecule has 134 valence electrons. The van der Waals surface area contributed by atoms with Gasteiger partial charge in [0, 0.05) is 19.0 Å². The largest absolute Gasteiger partial charge is 0.336 e. The fourth-order valence-corrected chi connectivity index (χ4v) is 3.95. The summed E-state index contributed by atoms with van der Waals surface area (Å²) in [7, 11) is 0. The Balaban J connectivity index is 1.59. The summed E-state index contributed by atoms with van der Waals surface area (Å²) in [4.78, 5) is 38.5. The Hall–Kier alpha value is -2.38. The van der Waals surface area contributed by atoms with Gasteiger partial charge >= 0.3 is 6.03 Å². The zero-order valence-corrected chi connectivity index (χ0v) is 14.4. The predicted octanol–water partition coefficient (Wildman–Crippen LogP) is 0.985. The van der Waals surface area contributed by atoms with Crippen LogP contribution in [0.15, 0.2) is 6.20 Å². The molecule has 0 radical (unpaired) electrons. The van der Waals surface area contributed by atoms with E-state index < -0.39 is 11.6 Å². The van der Waals surface area contributed by atoms with Gasteiger partial charge in [0.2, 0.25) is 0 Å². The topological polar surface area (TPSA) is 96.3 Å². The molecule has 0 aromatic carbocycles. The number of hydrogen-bond acceptors (Lipinski definition) is 4. The highest BCUT2D eigenvalue weighted by atomic mass is 16.2. The standard InChI is InChI=1S/C17H23N5O3/c1-2-7-22-13(11-4-5-11)12(9-18-22)14(23)21-8-3-6-17(10-21)15(24)19-16(25)20-17/h9,11H,2-8,10H2,1H3,(H2,19,20,24,25). The number of carbonyl (C=O) groups is 3. The lowest BCUT2D eigenvalue weighted by Crippen LogP contribution is -2.59. The number of aromatic nitrogens is 2. The first-order valence-electron chi connectivity index (χ1n) is 9.02. The van der Waals surface area contributed by atoms with Gasteiger partial charge in [0.25, 0.3) is 11.8 Å². The lowest BCUT2D eigenvalue weighted by molar-refractivity contribution is -0.125. The van der Waals surface area contributed by atoms with Crippen LogP contribution in [0.1, 0.15) is 61.0 Å². The van der Waals surface area contributed by atoms with Crippen LogP contribution in [0.5, 0.6) is 0 Å². The zero-order valence-electron chi connectivity index (χ0n) is 14.4. The average Bonchev–Trinajstić information content (AvgIpc) is 3.28. The molecule has 1 spiro atoms. The number of likely N-dealkylation sites (tertiary alicyclic amines) is 1. The smallest absolute Gasteiger partial charge is 0.322 e. The van der Waals surface area contributed by atoms with Crippen molar-refractivity contribution in [2.75, 3.05) is 13.1 Å². The van der Waals surface area contributed by atoms with Crippen LogP contribution in [0.2, 0.25) is 0 Å². The summed E-state index contributed by atoms with van der Waals surface area (Å²) in [5, 5.41) is 9.43. The van der Waals surface area contributed by atoms with E-state index in [2.05, 4.69) is 22.7 Å². The Labute approximate surface area is 145 Å². The van der Waals surface area contributed by atoms with Gasteiger partial charge in [-0.2, -0.15) is 5.10 Å². The SMILES string of the molecule is CCCn1ncc(C(=O)N2CCCC3(C2)NC(=O)NC3=O)c1C1CC1. The summed E-state index contributed by atoms with van der Waals surface area (Å²) in [6, 6.07) is -0.478. The fourth-order valence-electron chi connectivity index (χ4n) is 3.95. The second-order valence-corrected chi connectivity index (χ2v) is 7.26. The van der Waals surface area contributed by atoms with Crippen LogP contribution < -0.4 is 10.6 Å². The van der Waals surface area contributed by atoms with Gasteiger partial charge in [-0.1, -0.05) is 6.92 Å². The molecule has 4 rings (SSSR count). The van der Waals surface area contributed by atoms with E-state index in [1.165, 1.54) is 0 Å². The lowest BCUT2D eigenvalue weighted by Gasteiger charge is -2.38. The molecular formula is C17H23N5O3. The second kappa shape index (κ2) is 5.86. The number of nitrogens with zero attached hydrogens (tertiary/aromatic N) is 3. The molecule has 1 unspecified atom stereocenters. The summed E-state index contributed by atoms with van der Waals surface area (Å²) in [5.41, 5.74) is 0.702. The van der Waals surface area contributed by atoms with Crippen LogP contribution in [-0.4, -0.2) is 51.2 Å². The van der Waals surface area contributed by atoms with E-state index in [4.69, 9.17) is 0 Å². The van der Waals surface area contributed by atoms with Crippen molar-refractivity contribution in [3.63, 3.8) is 0 Å². The maximum Gasteiger partial charge on any atom is 0.322 e. The first kappa shape index (κ1) is 16.1. The van der Waals surface area contributed by atoms with E-state index in [0.29, 0.717) is 30.9 Å². The molecule has 2 saturated heterocycles. The van der Waals surface area contributed by atoms with Crippen LogP contribution in [0.3, 0.4) is 0 Å². The molecule has 25 heavy (non-hydrogen) atoms. The van der Waals surface area contributed by atoms with Crippen LogP contribution in [0, 0.1) is 0 Å². The first-order chi connectivity index (χ1) is 12.0. The Morgan fingerprint density at radius 3 is 2.84 bits per heavy atom. The number of carbonyl (C=O) groups excluding carboxylic acids is 3. The molecule has 4 amide bonds. The molecule has 8 nitrogen and oxygen atoms in total. The summed E-state index contributed by atoms with van der Waals surface area (Å²) >= 11 is 0. The van der Waals surface area contributed by atoms with E-state index in [1.54, 1.807) is 11.1 Å². The highest BCUT2D eigenvalue weighted by Crippen LogP contribution is 2.42. The quantitative estimate of drug-likeness (QED) is 0.795. The normalized spacial score (nSPS) is 26.0. The fraction of sp³-hybridized carbons (Fsp3) is 0.647. The van der Waals surface area contributed by atoms with Crippen molar-refractivity contribution >= 4 is 17.8 Å². The number of hydrogen-bond donors (Lipinski definition) is 2. The third-order valence-corrected chi connectivity index (χ3v) is 5.30. The van der Waals surface area contributed by atoms with Crippen LogP contribution >= 0.6 is 0 Å². The molecule has 2 aliphatic heterocycles. The first-order valence-corrected chi connectivity index (χ1v) is 9.02. The Morgan fingerprint density at radius 2 is 2.20 bits per heavy atom. The molecule has 3 heterocycles. The molecule has 1 aromatic heterocycles. The highest BCUT2D eigenvalue weighted by Gasteiger charge is 2.50. The van der Waals surface area contributed by atoms with Gasteiger partial charge < -0.3 is 10.2 Å². The molecule has 8 heteroatoms. The van der Waals surface area contributed by atoms with Gasteiger partial charge in [0.1, 0.15) is 5.54 Å². The zero-order chi connectivity index (χ0) is 17.6. The molecule has 3 fully saturated rings. The summed E-state index contributed by atoms with van der Waals surface area (Å²) in [5.74, 6) is -0.00222. The monoisotopic (exact) mass is 345 g/mol. The Bertz CT molecular complexity index is 739. The van der Waals surface area contributed by atoms with Crippen molar-refractivity contribution in [2.45, 2.75) is 57.0 Å². The molecule has 1 atom stereocenters. The van der Waals surface area contributed by atoms with Crippen molar-refractivity contribution in [3.8, 4) is 0 Å². The minimum Gasteiger partial charge on any atom is -0.336 e. The van der Waals surface area contributed by atoms with Crippen LogP contribution in [0.25, 0.3) is 0 Å². The average molecular weight is 345 g/mol. The molecule has 1 saturated carbocycles. The number of amides is 4. The maximum absolute atomic E-state index is 13.1. The maximum atomic E-state index is 13.1. The number of nitrogens with one attached hydrogen (secondary N) is 2. The molecule has 0 bridgehead atoms. The number of rotatable bonds is 4. The third kappa shape index (κ3) is 2.69. The Kier molecular flexibility index (Phi) is 3.77. The van der Waals surface area contributed by atoms with Gasteiger partial charge in [-0.25, -0.2) is 4.79 Å². The minimum absolute atomic E-state index is 0.0859. The highest BCUT2D eigenvalue weighted by molar-refractivity contribution is 6.07. The van der Waals surface area contributed by atoms with E-state index in [0.717, 1.165) is 31.5 Å². The van der Waals surface area contributed by atoms with Crippen molar-refractivity contribution < 1.29 is 14.4 Å². The van der Waals surface area contributed by atoms with Gasteiger partial charge in [0.05, 0.1) is 24.0 Å². The summed E-state index contributed by atoms with van der Waals surface area (Å²) < 4.78 is 1.95. The number of imide groups is 1. The van der Waals surface area contributed by atoms with Crippen molar-refractivity contribution in [3.05, 3.63) is 17.5 Å². The third-order valence-electron chi connectivity index (χ3n) is 5.30. The van der Waals surface area contributed by atoms with Gasteiger partial charge in [-0.05, 0) is 32.1 Å².